The van der Waals surface area contributed by atoms with E-state index in [1.165, 1.54) is 24.1 Å². The molecule has 0 spiro atoms. The lowest BCUT2D eigenvalue weighted by Crippen LogP contribution is -2.34. The minimum absolute atomic E-state index is 0.0893. The van der Waals surface area contributed by atoms with Crippen LogP contribution >= 0.6 is 0 Å². The number of phenols is 1. The number of aliphatic hydroxyl groups excluding tert-OH is 1. The first kappa shape index (κ1) is 17.0. The largest absolute Gasteiger partial charge is 0.508 e. The van der Waals surface area contributed by atoms with Crippen LogP contribution in [0.25, 0.3) is 0 Å². The van der Waals surface area contributed by atoms with Crippen molar-refractivity contribution in [3.8, 4) is 5.75 Å². The van der Waals surface area contributed by atoms with Gasteiger partial charge in [-0.1, -0.05) is 26.0 Å². The zero-order valence-electron chi connectivity index (χ0n) is 13.4. The van der Waals surface area contributed by atoms with Crippen LogP contribution in [0.2, 0.25) is 0 Å². The highest BCUT2D eigenvalue weighted by Crippen LogP contribution is 2.38. The number of nitrogens with zero attached hydrogens (tertiary/aromatic N) is 1. The van der Waals surface area contributed by atoms with Crippen molar-refractivity contribution >= 4 is 11.7 Å². The standard InChI is InChI=1S/C17H21NO5/c1-10(2)15(20)13-14(11-4-6-12(19)7-5-11)18(8-9-23-3)17(22)16(13)21/h4-7,10,14,19,21H,8-9H2,1-3H3. The molecule has 23 heavy (non-hydrogen) atoms. The third kappa shape index (κ3) is 3.22. The minimum Gasteiger partial charge on any atom is -0.508 e. The number of phenolic OH excluding ortho intramolecular Hbond substituents is 1. The van der Waals surface area contributed by atoms with Crippen molar-refractivity contribution in [2.75, 3.05) is 20.3 Å². The summed E-state index contributed by atoms with van der Waals surface area (Å²) in [6.07, 6.45) is 0. The quantitative estimate of drug-likeness (QED) is 0.837. The summed E-state index contributed by atoms with van der Waals surface area (Å²) in [5.41, 5.74) is 0.757. The summed E-state index contributed by atoms with van der Waals surface area (Å²) in [6.45, 7) is 3.98. The van der Waals surface area contributed by atoms with E-state index in [1.807, 2.05) is 0 Å². The Hall–Kier alpha value is -2.34. The van der Waals surface area contributed by atoms with E-state index in [2.05, 4.69) is 0 Å². The molecule has 0 aliphatic carbocycles. The molecule has 0 aromatic heterocycles. The van der Waals surface area contributed by atoms with E-state index in [0.717, 1.165) is 0 Å². The number of ketones is 1. The van der Waals surface area contributed by atoms with Gasteiger partial charge < -0.3 is 19.8 Å². The van der Waals surface area contributed by atoms with E-state index in [-0.39, 0.29) is 36.2 Å². The molecule has 0 bridgehead atoms. The first-order valence-electron chi connectivity index (χ1n) is 7.44. The fourth-order valence-electron chi connectivity index (χ4n) is 2.64. The number of carbonyl (C=O) groups is 2. The number of aromatic hydroxyl groups is 1. The van der Waals surface area contributed by atoms with Crippen molar-refractivity contribution in [3.63, 3.8) is 0 Å². The summed E-state index contributed by atoms with van der Waals surface area (Å²) in [4.78, 5) is 26.3. The number of hydrogen-bond acceptors (Lipinski definition) is 5. The van der Waals surface area contributed by atoms with E-state index >= 15 is 0 Å². The van der Waals surface area contributed by atoms with Crippen LogP contribution in [0.5, 0.6) is 5.75 Å². The van der Waals surface area contributed by atoms with Gasteiger partial charge in [-0.2, -0.15) is 0 Å². The summed E-state index contributed by atoms with van der Waals surface area (Å²) < 4.78 is 5.01. The highest BCUT2D eigenvalue weighted by molar-refractivity contribution is 6.09. The molecular weight excluding hydrogens is 298 g/mol. The van der Waals surface area contributed by atoms with Crippen LogP contribution in [0.4, 0.5) is 0 Å². The second-order valence-corrected chi connectivity index (χ2v) is 5.77. The molecule has 1 heterocycles. The fourth-order valence-corrected chi connectivity index (χ4v) is 2.64. The molecule has 0 saturated carbocycles. The van der Waals surface area contributed by atoms with Gasteiger partial charge in [0.25, 0.3) is 5.91 Å². The van der Waals surface area contributed by atoms with Crippen LogP contribution in [0.1, 0.15) is 25.5 Å². The molecule has 124 valence electrons. The molecule has 6 heteroatoms. The maximum atomic E-state index is 12.5. The van der Waals surface area contributed by atoms with Gasteiger partial charge in [0, 0.05) is 19.6 Å². The van der Waals surface area contributed by atoms with E-state index in [1.54, 1.807) is 26.0 Å². The highest BCUT2D eigenvalue weighted by Gasteiger charge is 2.43. The summed E-state index contributed by atoms with van der Waals surface area (Å²) in [6, 6.07) is 5.58. The molecule has 0 saturated heterocycles. The molecule has 0 radical (unpaired) electrons. The Labute approximate surface area is 135 Å². The first-order chi connectivity index (χ1) is 10.9. The van der Waals surface area contributed by atoms with Crippen LogP contribution in [-0.4, -0.2) is 47.1 Å². The molecule has 1 aliphatic rings. The zero-order valence-corrected chi connectivity index (χ0v) is 13.4. The molecule has 1 unspecified atom stereocenters. The number of Topliss-reactive ketones (excluding diaryl/α,β-unsaturated/α-hetero) is 1. The van der Waals surface area contributed by atoms with Gasteiger partial charge in [-0.05, 0) is 17.7 Å². The fraction of sp³-hybridized carbons (Fsp3) is 0.412. The number of carbonyl (C=O) groups excluding carboxylic acids is 2. The summed E-state index contributed by atoms with van der Waals surface area (Å²) in [5, 5.41) is 19.7. The Morgan fingerprint density at radius 2 is 1.87 bits per heavy atom. The number of methoxy groups -OCH3 is 1. The molecular formula is C17H21NO5. The second kappa shape index (κ2) is 6.83. The predicted octanol–water partition coefficient (Wildman–Crippen LogP) is 1.96. The molecule has 6 nitrogen and oxygen atoms in total. The molecule has 0 fully saturated rings. The maximum Gasteiger partial charge on any atom is 0.290 e. The first-order valence-corrected chi connectivity index (χ1v) is 7.44. The summed E-state index contributed by atoms with van der Waals surface area (Å²) >= 11 is 0. The molecule has 2 rings (SSSR count). The molecule has 1 aliphatic heterocycles. The summed E-state index contributed by atoms with van der Waals surface area (Å²) in [7, 11) is 1.52. The van der Waals surface area contributed by atoms with Crippen LogP contribution in [0.3, 0.4) is 0 Å². The Morgan fingerprint density at radius 3 is 2.39 bits per heavy atom. The molecule has 1 aromatic rings. The number of ether oxygens (including phenoxy) is 1. The Morgan fingerprint density at radius 1 is 1.26 bits per heavy atom. The number of hydrogen-bond donors (Lipinski definition) is 2. The minimum atomic E-state index is -0.673. The Bertz CT molecular complexity index is 633. The molecule has 1 aromatic carbocycles. The monoisotopic (exact) mass is 319 g/mol. The predicted molar refractivity (Wildman–Crippen MR) is 83.9 cm³/mol. The van der Waals surface area contributed by atoms with E-state index in [9.17, 15) is 19.8 Å². The topological polar surface area (TPSA) is 87.1 Å². The number of rotatable bonds is 6. The SMILES string of the molecule is COCCN1C(=O)C(O)=C(C(=O)C(C)C)C1c1ccc(O)cc1. The van der Waals surface area contributed by atoms with Gasteiger partial charge in [0.1, 0.15) is 5.75 Å². The average Bonchev–Trinajstić information content (AvgIpc) is 2.77. The van der Waals surface area contributed by atoms with Crippen molar-refractivity contribution in [1.29, 1.82) is 0 Å². The average molecular weight is 319 g/mol. The lowest BCUT2D eigenvalue weighted by molar-refractivity contribution is -0.130. The molecule has 1 amide bonds. The Kier molecular flexibility index (Phi) is 5.05. The van der Waals surface area contributed by atoms with Crippen molar-refractivity contribution < 1.29 is 24.5 Å². The summed E-state index contributed by atoms with van der Waals surface area (Å²) in [5.74, 6) is -1.61. The lowest BCUT2D eigenvalue weighted by Gasteiger charge is -2.27. The van der Waals surface area contributed by atoms with Crippen molar-refractivity contribution in [2.24, 2.45) is 5.92 Å². The maximum absolute atomic E-state index is 12.5. The lowest BCUT2D eigenvalue weighted by atomic mass is 9.91. The van der Waals surface area contributed by atoms with Gasteiger partial charge in [0.15, 0.2) is 11.5 Å². The number of benzene rings is 1. The van der Waals surface area contributed by atoms with Crippen LogP contribution < -0.4 is 0 Å². The Balaban J connectivity index is 2.49. The van der Waals surface area contributed by atoms with Gasteiger partial charge in [-0.3, -0.25) is 9.59 Å². The number of aliphatic hydroxyl groups is 1. The van der Waals surface area contributed by atoms with Crippen molar-refractivity contribution in [2.45, 2.75) is 19.9 Å². The van der Waals surface area contributed by atoms with Crippen molar-refractivity contribution in [1.82, 2.24) is 4.90 Å². The van der Waals surface area contributed by atoms with E-state index < -0.39 is 17.7 Å². The highest BCUT2D eigenvalue weighted by atomic mass is 16.5. The van der Waals surface area contributed by atoms with Gasteiger partial charge >= 0.3 is 0 Å². The van der Waals surface area contributed by atoms with Crippen LogP contribution in [0, 0.1) is 5.92 Å². The van der Waals surface area contributed by atoms with E-state index in [0.29, 0.717) is 5.56 Å². The normalized spacial score (nSPS) is 18.2. The van der Waals surface area contributed by atoms with Gasteiger partial charge in [0.2, 0.25) is 0 Å². The van der Waals surface area contributed by atoms with Gasteiger partial charge in [-0.25, -0.2) is 0 Å². The van der Waals surface area contributed by atoms with Crippen molar-refractivity contribution in [3.05, 3.63) is 41.2 Å². The van der Waals surface area contributed by atoms with Crippen LogP contribution in [-0.2, 0) is 14.3 Å². The molecule has 1 atom stereocenters. The van der Waals surface area contributed by atoms with E-state index in [4.69, 9.17) is 4.74 Å². The van der Waals surface area contributed by atoms with Gasteiger partial charge in [0.05, 0.1) is 18.2 Å². The smallest absolute Gasteiger partial charge is 0.290 e. The zero-order chi connectivity index (χ0) is 17.1. The third-order valence-corrected chi connectivity index (χ3v) is 3.84. The van der Waals surface area contributed by atoms with Crippen LogP contribution in [0.15, 0.2) is 35.6 Å². The number of amides is 1. The van der Waals surface area contributed by atoms with Gasteiger partial charge in [-0.15, -0.1) is 0 Å². The second-order valence-electron chi connectivity index (χ2n) is 5.77. The molecule has 2 N–H and O–H groups in total. The third-order valence-electron chi connectivity index (χ3n) is 3.84.